The van der Waals surface area contributed by atoms with E-state index in [1.807, 2.05) is 40.7 Å². The van der Waals surface area contributed by atoms with Gasteiger partial charge < -0.3 is 69.5 Å². The Bertz CT molecular complexity index is 3300. The number of carbonyl (C=O) groups is 12. The van der Waals surface area contributed by atoms with E-state index in [9.17, 15) is 27.6 Å². The van der Waals surface area contributed by atoms with Crippen LogP contribution in [0.5, 0.6) is 0 Å². The van der Waals surface area contributed by atoms with Gasteiger partial charge in [0.05, 0.1) is 37.6 Å². The number of terminal acetylenes is 1. The van der Waals surface area contributed by atoms with Crippen LogP contribution in [0.1, 0.15) is 197 Å². The van der Waals surface area contributed by atoms with Gasteiger partial charge in [0.15, 0.2) is 0 Å². The number of rotatable bonds is 15. The van der Waals surface area contributed by atoms with Gasteiger partial charge in [-0.1, -0.05) is 111 Å². The van der Waals surface area contributed by atoms with Crippen LogP contribution < -0.4 is 16.0 Å². The summed E-state index contributed by atoms with van der Waals surface area (Å²) >= 11 is 0. The quantitative estimate of drug-likeness (QED) is 0.122. The lowest BCUT2D eigenvalue weighted by Gasteiger charge is -2.54. The predicted octanol–water partition coefficient (Wildman–Crippen LogP) is 6.18. The third-order valence-electron chi connectivity index (χ3n) is 24.6. The van der Waals surface area contributed by atoms with Gasteiger partial charge in [-0.3, -0.25) is 57.5 Å². The molecule has 26 nitrogen and oxygen atoms in total. The largest absolute Gasteiger partial charge is 0.394 e. The molecule has 0 aromatic carbocycles. The summed E-state index contributed by atoms with van der Waals surface area (Å²) < 4.78 is 54.7. The Morgan fingerprint density at radius 1 is 0.725 bits per heavy atom. The fourth-order valence-electron chi connectivity index (χ4n) is 18.2. The van der Waals surface area contributed by atoms with Crippen molar-refractivity contribution in [1.82, 2.24) is 60.0 Å². The highest BCUT2D eigenvalue weighted by Gasteiger charge is 2.60. The molecular formula is C80H127F3N12O14. The zero-order valence-corrected chi connectivity index (χ0v) is 67.7. The average Bonchev–Trinajstić information content (AvgIpc) is 1.43. The molecular weight excluding hydrogens is 1410 g/mol. The number of carbonyl (C=O) groups excluding carboxylic acids is 12. The van der Waals surface area contributed by atoms with Crippen LogP contribution in [0.25, 0.3) is 0 Å². The van der Waals surface area contributed by atoms with Gasteiger partial charge in [0, 0.05) is 82.6 Å². The number of alkyl halides is 3. The summed E-state index contributed by atoms with van der Waals surface area (Å²) in [5.74, 6) is -8.64. The molecule has 1 spiro atoms. The van der Waals surface area contributed by atoms with Crippen molar-refractivity contribution in [2.24, 2.45) is 46.8 Å². The van der Waals surface area contributed by atoms with E-state index in [1.54, 1.807) is 19.9 Å². The second-order valence-corrected chi connectivity index (χ2v) is 34.1. The van der Waals surface area contributed by atoms with Crippen LogP contribution in [-0.2, 0) is 67.0 Å². The van der Waals surface area contributed by atoms with Crippen LogP contribution in [0.4, 0.5) is 13.2 Å². The number of ether oxygens (including phenoxy) is 2. The Labute approximate surface area is 644 Å². The molecule has 29 heteroatoms. The minimum absolute atomic E-state index is 0.00400. The van der Waals surface area contributed by atoms with Gasteiger partial charge in [-0.25, -0.2) is 0 Å². The number of halogens is 3. The average molecular weight is 1540 g/mol. The molecule has 2 bridgehead atoms. The van der Waals surface area contributed by atoms with Gasteiger partial charge in [-0.05, 0) is 131 Å². The fourth-order valence-corrected chi connectivity index (χ4v) is 18.2. The Morgan fingerprint density at radius 3 is 1.96 bits per heavy atom. The normalized spacial score (nSPS) is 31.3. The lowest BCUT2D eigenvalue weighted by Crippen LogP contribution is -2.71. The Morgan fingerprint density at radius 2 is 1.38 bits per heavy atom. The highest BCUT2D eigenvalue weighted by atomic mass is 19.4. The fraction of sp³-hybridized carbons (Fsp3) is 0.800. The van der Waals surface area contributed by atoms with Gasteiger partial charge >= 0.3 is 6.18 Å². The molecule has 4 saturated carbocycles. The molecule has 0 aromatic heterocycles. The smallest absolute Gasteiger partial charge is 0.381 e. The zero-order chi connectivity index (χ0) is 80.9. The summed E-state index contributed by atoms with van der Waals surface area (Å²) in [6.45, 7) is 13.4. The van der Waals surface area contributed by atoms with E-state index >= 15 is 43.2 Å². The van der Waals surface area contributed by atoms with Crippen molar-refractivity contribution in [3.63, 3.8) is 0 Å². The van der Waals surface area contributed by atoms with E-state index in [-0.39, 0.29) is 102 Å². The van der Waals surface area contributed by atoms with Gasteiger partial charge in [0.2, 0.25) is 70.9 Å². The van der Waals surface area contributed by atoms with E-state index in [2.05, 4.69) is 28.8 Å². The molecule has 2 saturated heterocycles. The zero-order valence-electron chi connectivity index (χ0n) is 67.7. The van der Waals surface area contributed by atoms with Crippen molar-refractivity contribution in [3.8, 4) is 12.3 Å². The lowest BCUT2D eigenvalue weighted by molar-refractivity contribution is -0.215. The van der Waals surface area contributed by atoms with Crippen LogP contribution >= 0.6 is 0 Å². The second-order valence-electron chi connectivity index (χ2n) is 34.1. The number of hydrogen-bond donors (Lipinski definition) is 3. The van der Waals surface area contributed by atoms with Crippen molar-refractivity contribution in [2.75, 3.05) is 95.8 Å². The Hall–Kier alpha value is -7.35. The van der Waals surface area contributed by atoms with Crippen LogP contribution in [-0.4, -0.2) is 283 Å². The van der Waals surface area contributed by atoms with Crippen molar-refractivity contribution < 1.29 is 80.2 Å². The van der Waals surface area contributed by atoms with Crippen LogP contribution in [0, 0.1) is 59.2 Å². The monoisotopic (exact) mass is 1540 g/mol. The first-order valence-corrected chi connectivity index (χ1v) is 39.9. The number of hydrogen-bond acceptors (Lipinski definition) is 14. The Kier molecular flexibility index (Phi) is 31.6. The summed E-state index contributed by atoms with van der Waals surface area (Å²) in [4.78, 5) is 195. The van der Waals surface area contributed by atoms with E-state index in [0.717, 1.165) is 30.6 Å². The van der Waals surface area contributed by atoms with Crippen molar-refractivity contribution in [1.29, 1.82) is 0 Å². The number of amides is 12. The molecule has 7 aliphatic rings. The molecule has 0 aromatic rings. The number of methoxy groups -OCH3 is 1. The summed E-state index contributed by atoms with van der Waals surface area (Å²) in [7, 11) is 11.3. The highest BCUT2D eigenvalue weighted by molar-refractivity contribution is 6.01. The second kappa shape index (κ2) is 38.7. The third kappa shape index (κ3) is 22.1. The van der Waals surface area contributed by atoms with Crippen LogP contribution in [0.3, 0.4) is 0 Å². The molecule has 7 rings (SSSR count). The van der Waals surface area contributed by atoms with Gasteiger partial charge in [-0.15, -0.1) is 6.42 Å². The first-order chi connectivity index (χ1) is 51.2. The summed E-state index contributed by atoms with van der Waals surface area (Å²) in [6, 6.07) is -10.4. The Balaban J connectivity index is 1.35. The maximum Gasteiger partial charge on any atom is 0.394 e. The number of nitrogens with zero attached hydrogens (tertiary/aromatic N) is 9. The van der Waals surface area contributed by atoms with E-state index < -0.39 is 198 Å². The highest BCUT2D eigenvalue weighted by Crippen LogP contribution is 2.50. The maximum atomic E-state index is 15.9. The number of fused-ring (bicyclic) bond motifs is 3. The van der Waals surface area contributed by atoms with Gasteiger partial charge in [0.25, 0.3) is 0 Å². The molecule has 3 aliphatic heterocycles. The standard InChI is InChI=1S/C80H127F3N12O14/c1-18-37-93-46-66(98)89(13)58-28-22-21-25-38-94(74(58)104)62(40-52-31-29-50(6)30-32-52)73(103)88(12)45-64(96)84-57(36-34-53-33-35-56(80(81,82)83)63(41-53)108-17)71(101)95-44-55(109-20-3)42-60(95)70(100)86-79(47-78(8,9)48-79)77(107)92(16)68(54-26-23-24-27-54)76(106)91(15)61(72(102)87(10)11)43-65(97)90(14)59(39-49(4)5)69(99)85-67(75(93)105)51(7)19-2/h1,21-22,49-63,67-68H,19-20,23-48H2,2-17H3,(H,84,96)(H,85,99)(H,86,100)/b22-21-/t50?,51-,52?,53?,55+,56?,57-,58-,59-,60-,61-,62-,63?,67-,68-/m0/s1. The maximum absolute atomic E-state index is 15.9. The van der Waals surface area contributed by atoms with Crippen molar-refractivity contribution in [2.45, 2.75) is 269 Å². The number of nitrogens with one attached hydrogen (secondary N) is 3. The minimum atomic E-state index is -4.53. The first kappa shape index (κ1) is 88.9. The first-order valence-electron chi connectivity index (χ1n) is 39.9. The van der Waals surface area contributed by atoms with Crippen LogP contribution in [0.2, 0.25) is 0 Å². The number of likely N-dealkylation sites (N-methyl/N-ethyl adjacent to an activating group) is 6. The lowest BCUT2D eigenvalue weighted by atomic mass is 9.58. The van der Waals surface area contributed by atoms with Gasteiger partial charge in [0.1, 0.15) is 60.4 Å². The van der Waals surface area contributed by atoms with Crippen LogP contribution in [0.15, 0.2) is 12.2 Å². The minimum Gasteiger partial charge on any atom is -0.381 e. The molecule has 6 fully saturated rings. The van der Waals surface area contributed by atoms with E-state index in [0.29, 0.717) is 44.4 Å². The molecule has 13 atom stereocenters. The summed E-state index contributed by atoms with van der Waals surface area (Å²) in [6.07, 6.45) is 9.29. The van der Waals surface area contributed by atoms with Crippen molar-refractivity contribution in [3.05, 3.63) is 12.2 Å². The molecule has 612 valence electrons. The molecule has 4 aliphatic carbocycles. The molecule has 3 unspecified atom stereocenters. The van der Waals surface area contributed by atoms with E-state index in [1.165, 1.54) is 95.6 Å². The third-order valence-corrected chi connectivity index (χ3v) is 24.6. The summed E-state index contributed by atoms with van der Waals surface area (Å²) in [5.41, 5.74) is -2.19. The molecule has 3 heterocycles. The van der Waals surface area contributed by atoms with E-state index in [4.69, 9.17) is 15.9 Å². The summed E-state index contributed by atoms with van der Waals surface area (Å²) in [5, 5.41) is 8.89. The molecule has 12 amide bonds. The molecule has 0 radical (unpaired) electrons. The van der Waals surface area contributed by atoms with Crippen molar-refractivity contribution >= 4 is 70.9 Å². The SMILES string of the molecule is C#CCN1CC(=O)N(C)[C@H]2C/C=C\CCN(C2=O)[C@@H](CC2CCC(C)CC2)C(=O)N(C)CC(=O)N[C@@H](CCC2CCC(C(F)(F)F)C(OC)C2)C(=O)N2C[C@H](OCC)C[C@H]2C(=O)NC2(CC(C)(C)C2)C(=O)N(C)[C@@H](C2CCCC2)C(=O)N(C)[C@H](C(=O)N(C)C)CC(=O)N(C)[C@@H](CC(C)C)C(=O)N[C@@H]([C@@H](C)CC)C1=O. The molecule has 3 N–H and O–H groups in total. The topological polar surface area (TPSA) is 289 Å². The van der Waals surface area contributed by atoms with Gasteiger partial charge in [-0.2, -0.15) is 13.2 Å². The predicted molar refractivity (Wildman–Crippen MR) is 403 cm³/mol. The molecule has 109 heavy (non-hydrogen) atoms.